The summed E-state index contributed by atoms with van der Waals surface area (Å²) in [6.07, 6.45) is 0.341. The Hall–Kier alpha value is -1.67. The fourth-order valence-corrected chi connectivity index (χ4v) is 2.83. The molecule has 2 N–H and O–H groups in total. The number of carboxylic acid groups (broad SMARTS) is 1. The Labute approximate surface area is 111 Å². The first-order valence-corrected chi connectivity index (χ1v) is 6.25. The van der Waals surface area contributed by atoms with Crippen LogP contribution in [-0.4, -0.2) is 25.9 Å². The van der Waals surface area contributed by atoms with Crippen LogP contribution in [0.15, 0.2) is 10.6 Å². The van der Waals surface area contributed by atoms with E-state index in [2.05, 4.69) is 5.16 Å². The first-order chi connectivity index (χ1) is 8.47. The third kappa shape index (κ3) is 2.59. The molecule has 0 saturated heterocycles. The molecule has 8 heteroatoms. The Kier molecular flexibility index (Phi) is 3.48. The molecule has 2 aromatic rings. The lowest BCUT2D eigenvalue weighted by Crippen LogP contribution is -2.08. The maximum absolute atomic E-state index is 10.6. The zero-order valence-electron chi connectivity index (χ0n) is 9.41. The third-order valence-electron chi connectivity index (χ3n) is 2.24. The molecule has 18 heavy (non-hydrogen) atoms. The lowest BCUT2D eigenvalue weighted by atomic mass is 10.3. The Balaban J connectivity index is 2.29. The zero-order valence-corrected chi connectivity index (χ0v) is 11.0. The zero-order chi connectivity index (χ0) is 13.3. The van der Waals surface area contributed by atoms with Gasteiger partial charge in [0.05, 0.1) is 10.6 Å². The summed E-state index contributed by atoms with van der Waals surface area (Å²) in [6, 6.07) is 1.75. The van der Waals surface area contributed by atoms with Gasteiger partial charge in [0.2, 0.25) is 5.88 Å². The molecule has 0 aliphatic carbocycles. The summed E-state index contributed by atoms with van der Waals surface area (Å²) in [7, 11) is 0. The lowest BCUT2D eigenvalue weighted by Gasteiger charge is -2.00. The van der Waals surface area contributed by atoms with Crippen molar-refractivity contribution in [2.45, 2.75) is 19.9 Å². The maximum Gasteiger partial charge on any atom is 0.323 e. The van der Waals surface area contributed by atoms with E-state index in [1.807, 2.05) is 0 Å². The highest BCUT2D eigenvalue weighted by Crippen LogP contribution is 2.28. The number of thiazole rings is 1. The molecule has 0 amide bonds. The van der Waals surface area contributed by atoms with Gasteiger partial charge in [0.15, 0.2) is 3.95 Å². The van der Waals surface area contributed by atoms with Crippen molar-refractivity contribution in [2.75, 3.05) is 0 Å². The molecule has 96 valence electrons. The van der Waals surface area contributed by atoms with E-state index in [4.69, 9.17) is 21.8 Å². The van der Waals surface area contributed by atoms with Crippen LogP contribution in [0.2, 0.25) is 0 Å². The first-order valence-electron chi connectivity index (χ1n) is 5.03. The average Bonchev–Trinajstić information content (AvgIpc) is 2.78. The molecule has 0 fully saturated rings. The minimum Gasteiger partial charge on any atom is -0.494 e. The number of aromatic nitrogens is 2. The topological polar surface area (TPSA) is 88.5 Å². The van der Waals surface area contributed by atoms with Crippen LogP contribution >= 0.6 is 23.6 Å². The molecule has 2 heterocycles. The largest absolute Gasteiger partial charge is 0.494 e. The van der Waals surface area contributed by atoms with Gasteiger partial charge in [-0.3, -0.25) is 9.36 Å². The number of aromatic hydroxyl groups is 1. The summed E-state index contributed by atoms with van der Waals surface area (Å²) < 4.78 is 6.54. The standard InChI is InChI=1S/C10H10N2O4S2/c1-5-2-6(16-11-5)3-7-9(15)12(4-8(13)14)10(17)18-7/h2,15H,3-4H2,1H3,(H,13,14). The van der Waals surface area contributed by atoms with Gasteiger partial charge in [-0.05, 0) is 19.1 Å². The normalized spacial score (nSPS) is 10.7. The Morgan fingerprint density at radius 2 is 2.39 bits per heavy atom. The summed E-state index contributed by atoms with van der Waals surface area (Å²) in [5, 5.41) is 22.4. The average molecular weight is 286 g/mol. The summed E-state index contributed by atoms with van der Waals surface area (Å²) >= 11 is 6.18. The SMILES string of the molecule is Cc1cc(Cc2sc(=S)n(CC(=O)O)c2O)on1. The molecular weight excluding hydrogens is 276 g/mol. The van der Waals surface area contributed by atoms with E-state index in [1.165, 1.54) is 4.57 Å². The number of hydrogen-bond donors (Lipinski definition) is 2. The van der Waals surface area contributed by atoms with Crippen LogP contribution in [0.25, 0.3) is 0 Å². The number of nitrogens with zero attached hydrogens (tertiary/aromatic N) is 2. The second-order valence-electron chi connectivity index (χ2n) is 3.71. The van der Waals surface area contributed by atoms with Crippen LogP contribution in [0.3, 0.4) is 0 Å². The highest BCUT2D eigenvalue weighted by atomic mass is 32.1. The van der Waals surface area contributed by atoms with Crippen molar-refractivity contribution in [3.63, 3.8) is 0 Å². The van der Waals surface area contributed by atoms with E-state index in [-0.39, 0.29) is 12.4 Å². The van der Waals surface area contributed by atoms with Crippen molar-refractivity contribution in [3.8, 4) is 5.88 Å². The Bertz CT molecular complexity index is 641. The van der Waals surface area contributed by atoms with E-state index in [0.29, 0.717) is 21.0 Å². The monoisotopic (exact) mass is 286 g/mol. The number of carboxylic acids is 1. The van der Waals surface area contributed by atoms with Gasteiger partial charge >= 0.3 is 5.97 Å². The molecule has 0 spiro atoms. The van der Waals surface area contributed by atoms with Gasteiger partial charge in [0.25, 0.3) is 0 Å². The smallest absolute Gasteiger partial charge is 0.323 e. The molecule has 0 saturated carbocycles. The number of rotatable bonds is 4. The predicted molar refractivity (Wildman–Crippen MR) is 66.5 cm³/mol. The number of hydrogen-bond acceptors (Lipinski definition) is 6. The molecule has 0 atom stereocenters. The molecule has 0 radical (unpaired) electrons. The second kappa shape index (κ2) is 4.91. The molecule has 0 unspecified atom stereocenters. The lowest BCUT2D eigenvalue weighted by molar-refractivity contribution is -0.137. The quantitative estimate of drug-likeness (QED) is 0.835. The number of carbonyl (C=O) groups is 1. The molecule has 0 aliphatic heterocycles. The summed E-state index contributed by atoms with van der Waals surface area (Å²) in [6.45, 7) is 1.45. The maximum atomic E-state index is 10.6. The van der Waals surface area contributed by atoms with Crippen LogP contribution in [0, 0.1) is 10.9 Å². The molecule has 0 aromatic carbocycles. The van der Waals surface area contributed by atoms with Crippen molar-refractivity contribution < 1.29 is 19.5 Å². The van der Waals surface area contributed by atoms with Crippen molar-refractivity contribution in [1.82, 2.24) is 9.72 Å². The Morgan fingerprint density at radius 1 is 1.67 bits per heavy atom. The molecular formula is C10H10N2O4S2. The molecule has 6 nitrogen and oxygen atoms in total. The molecule has 0 aliphatic rings. The van der Waals surface area contributed by atoms with Gasteiger partial charge in [-0.1, -0.05) is 5.16 Å². The Morgan fingerprint density at radius 3 is 2.94 bits per heavy atom. The van der Waals surface area contributed by atoms with E-state index in [0.717, 1.165) is 17.0 Å². The number of aliphatic carboxylic acids is 1. The van der Waals surface area contributed by atoms with Crippen molar-refractivity contribution >= 4 is 29.5 Å². The summed E-state index contributed by atoms with van der Waals surface area (Å²) in [5.74, 6) is -0.579. The third-order valence-corrected chi connectivity index (χ3v) is 3.68. The van der Waals surface area contributed by atoms with E-state index < -0.39 is 5.97 Å². The van der Waals surface area contributed by atoms with E-state index >= 15 is 0 Å². The van der Waals surface area contributed by atoms with Crippen LogP contribution in [-0.2, 0) is 17.8 Å². The van der Waals surface area contributed by atoms with Crippen LogP contribution in [0.5, 0.6) is 5.88 Å². The highest BCUT2D eigenvalue weighted by molar-refractivity contribution is 7.73. The number of aryl methyl sites for hydroxylation is 1. The predicted octanol–water partition coefficient (Wildman–Crippen LogP) is 1.96. The van der Waals surface area contributed by atoms with Crippen molar-refractivity contribution in [1.29, 1.82) is 0 Å². The minimum absolute atomic E-state index is 0.124. The van der Waals surface area contributed by atoms with E-state index in [9.17, 15) is 9.90 Å². The fraction of sp³-hybridized carbons (Fsp3) is 0.300. The minimum atomic E-state index is -1.05. The highest BCUT2D eigenvalue weighted by Gasteiger charge is 2.16. The second-order valence-corrected chi connectivity index (χ2v) is 5.43. The van der Waals surface area contributed by atoms with Crippen molar-refractivity contribution in [2.24, 2.45) is 0 Å². The van der Waals surface area contributed by atoms with Crippen molar-refractivity contribution in [3.05, 3.63) is 26.4 Å². The van der Waals surface area contributed by atoms with Crippen LogP contribution in [0.4, 0.5) is 0 Å². The van der Waals surface area contributed by atoms with Gasteiger partial charge in [-0.2, -0.15) is 0 Å². The van der Waals surface area contributed by atoms with Crippen LogP contribution < -0.4 is 0 Å². The summed E-state index contributed by atoms with van der Waals surface area (Å²) in [5.41, 5.74) is 0.748. The van der Waals surface area contributed by atoms with Gasteiger partial charge in [0, 0.05) is 12.5 Å². The van der Waals surface area contributed by atoms with Gasteiger partial charge in [-0.15, -0.1) is 11.3 Å². The molecule has 0 bridgehead atoms. The van der Waals surface area contributed by atoms with Gasteiger partial charge in [-0.25, -0.2) is 0 Å². The van der Waals surface area contributed by atoms with Gasteiger partial charge in [0.1, 0.15) is 12.3 Å². The first kappa shape index (κ1) is 12.8. The molecule has 2 rings (SSSR count). The molecule has 2 aromatic heterocycles. The van der Waals surface area contributed by atoms with Crippen LogP contribution in [0.1, 0.15) is 16.3 Å². The van der Waals surface area contributed by atoms with Gasteiger partial charge < -0.3 is 14.7 Å². The fourth-order valence-electron chi connectivity index (χ4n) is 1.49. The van der Waals surface area contributed by atoms with E-state index in [1.54, 1.807) is 13.0 Å². The summed E-state index contributed by atoms with van der Waals surface area (Å²) in [4.78, 5) is 11.2.